The van der Waals surface area contributed by atoms with E-state index >= 15 is 0 Å². The highest BCUT2D eigenvalue weighted by Gasteiger charge is 2.31. The number of hydrogen-bond donors (Lipinski definition) is 2. The zero-order valence-electron chi connectivity index (χ0n) is 14.4. The largest absolute Gasteiger partial charge is 0.352 e. The molecule has 1 aromatic carbocycles. The molecule has 1 unspecified atom stereocenters. The lowest BCUT2D eigenvalue weighted by molar-refractivity contribution is 0.0942. The molecule has 2 fully saturated rings. The maximum Gasteiger partial charge on any atom is 0.251 e. The molecule has 8 heteroatoms. The molecule has 2 heterocycles. The number of carbonyl (C=O) groups is 1. The summed E-state index contributed by atoms with van der Waals surface area (Å²) >= 11 is 0. The SMILES string of the molecule is CC1CCCCN1S(=O)(=O)c1cccc(C(=O)NCC2CNC2)c1.Cl. The average molecular weight is 388 g/mol. The van der Waals surface area contributed by atoms with E-state index in [1.54, 1.807) is 22.5 Å². The quantitative estimate of drug-likeness (QED) is 0.804. The van der Waals surface area contributed by atoms with Gasteiger partial charge in [0.2, 0.25) is 10.0 Å². The van der Waals surface area contributed by atoms with E-state index in [0.29, 0.717) is 24.6 Å². The van der Waals surface area contributed by atoms with Crippen LogP contribution in [0, 0.1) is 5.92 Å². The van der Waals surface area contributed by atoms with Gasteiger partial charge in [0.05, 0.1) is 4.90 Å². The second kappa shape index (κ2) is 8.49. The third-order valence-corrected chi connectivity index (χ3v) is 6.87. The van der Waals surface area contributed by atoms with Crippen LogP contribution in [0.3, 0.4) is 0 Å². The molecule has 1 atom stereocenters. The Bertz CT molecular complexity index is 707. The van der Waals surface area contributed by atoms with Crippen molar-refractivity contribution < 1.29 is 13.2 Å². The number of carbonyl (C=O) groups excluding carboxylic acids is 1. The monoisotopic (exact) mass is 387 g/mol. The Hall–Kier alpha value is -1.15. The van der Waals surface area contributed by atoms with Crippen molar-refractivity contribution in [3.05, 3.63) is 29.8 Å². The minimum Gasteiger partial charge on any atom is -0.352 e. The molecule has 2 N–H and O–H groups in total. The third kappa shape index (κ3) is 4.53. The van der Waals surface area contributed by atoms with E-state index in [0.717, 1.165) is 32.4 Å². The number of sulfonamides is 1. The van der Waals surface area contributed by atoms with Crippen LogP contribution in [-0.4, -0.2) is 50.9 Å². The molecule has 1 aromatic rings. The van der Waals surface area contributed by atoms with E-state index in [2.05, 4.69) is 10.6 Å². The predicted molar refractivity (Wildman–Crippen MR) is 99.6 cm³/mol. The van der Waals surface area contributed by atoms with Crippen molar-refractivity contribution in [2.45, 2.75) is 37.1 Å². The maximum atomic E-state index is 12.9. The number of nitrogens with one attached hydrogen (secondary N) is 2. The normalized spacial score (nSPS) is 21.9. The van der Waals surface area contributed by atoms with E-state index < -0.39 is 10.0 Å². The maximum absolute atomic E-state index is 12.9. The number of benzene rings is 1. The summed E-state index contributed by atoms with van der Waals surface area (Å²) in [6.45, 7) is 4.95. The molecule has 0 aliphatic carbocycles. The lowest BCUT2D eigenvalue weighted by Crippen LogP contribution is -2.48. The van der Waals surface area contributed by atoms with Crippen molar-refractivity contribution in [3.8, 4) is 0 Å². The highest BCUT2D eigenvalue weighted by molar-refractivity contribution is 7.89. The molecule has 6 nitrogen and oxygen atoms in total. The Morgan fingerprint density at radius 2 is 2.08 bits per heavy atom. The van der Waals surface area contributed by atoms with Crippen molar-refractivity contribution in [2.24, 2.45) is 5.92 Å². The van der Waals surface area contributed by atoms with Gasteiger partial charge < -0.3 is 10.6 Å². The molecule has 2 saturated heterocycles. The summed E-state index contributed by atoms with van der Waals surface area (Å²) in [5, 5.41) is 6.04. The Morgan fingerprint density at radius 3 is 2.72 bits per heavy atom. The van der Waals surface area contributed by atoms with Gasteiger partial charge in [0, 0.05) is 43.7 Å². The third-order valence-electron chi connectivity index (χ3n) is 4.86. The van der Waals surface area contributed by atoms with Gasteiger partial charge in [-0.2, -0.15) is 4.31 Å². The molecular weight excluding hydrogens is 362 g/mol. The summed E-state index contributed by atoms with van der Waals surface area (Å²) < 4.78 is 27.3. The number of amides is 1. The zero-order valence-corrected chi connectivity index (χ0v) is 16.0. The average Bonchev–Trinajstić information content (AvgIpc) is 2.53. The summed E-state index contributed by atoms with van der Waals surface area (Å²) in [5.74, 6) is 0.251. The Balaban J connectivity index is 0.00000225. The van der Waals surface area contributed by atoms with Crippen LogP contribution in [0.1, 0.15) is 36.5 Å². The smallest absolute Gasteiger partial charge is 0.251 e. The first kappa shape index (κ1) is 20.2. The van der Waals surface area contributed by atoms with Crippen LogP contribution in [0.5, 0.6) is 0 Å². The van der Waals surface area contributed by atoms with Gasteiger partial charge in [0.1, 0.15) is 0 Å². The summed E-state index contributed by atoms with van der Waals surface area (Å²) in [4.78, 5) is 12.5. The van der Waals surface area contributed by atoms with Crippen molar-refractivity contribution in [2.75, 3.05) is 26.2 Å². The summed E-state index contributed by atoms with van der Waals surface area (Å²) in [5.41, 5.74) is 0.396. The number of piperidine rings is 1. The lowest BCUT2D eigenvalue weighted by Gasteiger charge is -2.32. The van der Waals surface area contributed by atoms with E-state index in [4.69, 9.17) is 0 Å². The molecule has 2 aliphatic rings. The molecule has 25 heavy (non-hydrogen) atoms. The number of nitrogens with zero attached hydrogens (tertiary/aromatic N) is 1. The fourth-order valence-corrected chi connectivity index (χ4v) is 4.94. The molecule has 0 radical (unpaired) electrons. The van der Waals surface area contributed by atoms with Gasteiger partial charge in [-0.25, -0.2) is 8.42 Å². The lowest BCUT2D eigenvalue weighted by atomic mass is 10.0. The van der Waals surface area contributed by atoms with Gasteiger partial charge >= 0.3 is 0 Å². The van der Waals surface area contributed by atoms with Crippen molar-refractivity contribution >= 4 is 28.3 Å². The van der Waals surface area contributed by atoms with Gasteiger partial charge in [0.15, 0.2) is 0 Å². The molecule has 0 bridgehead atoms. The van der Waals surface area contributed by atoms with Crippen LogP contribution < -0.4 is 10.6 Å². The molecule has 0 saturated carbocycles. The molecule has 0 spiro atoms. The Labute approximate surface area is 155 Å². The molecule has 1 amide bonds. The van der Waals surface area contributed by atoms with E-state index in [9.17, 15) is 13.2 Å². The molecule has 3 rings (SSSR count). The second-order valence-electron chi connectivity index (χ2n) is 6.72. The van der Waals surface area contributed by atoms with Crippen molar-refractivity contribution in [1.29, 1.82) is 0 Å². The second-order valence-corrected chi connectivity index (χ2v) is 8.61. The number of hydrogen-bond acceptors (Lipinski definition) is 4. The standard InChI is InChI=1S/C17H25N3O3S.ClH/c1-13-5-2-3-8-20(13)24(22,23)16-7-4-6-15(9-16)17(21)19-12-14-10-18-11-14;/h4,6-7,9,13-14,18H,2-3,5,8,10-12H2,1H3,(H,19,21);1H. The number of rotatable bonds is 5. The van der Waals surface area contributed by atoms with Crippen molar-refractivity contribution in [3.63, 3.8) is 0 Å². The highest BCUT2D eigenvalue weighted by atomic mass is 35.5. The molecule has 0 aromatic heterocycles. The molecular formula is C17H26ClN3O3S. The first-order valence-corrected chi connectivity index (χ1v) is 10.0. The van der Waals surface area contributed by atoms with Gasteiger partial charge in [-0.3, -0.25) is 4.79 Å². The van der Waals surface area contributed by atoms with Crippen molar-refractivity contribution in [1.82, 2.24) is 14.9 Å². The van der Waals surface area contributed by atoms with Gasteiger partial charge in [-0.15, -0.1) is 12.4 Å². The van der Waals surface area contributed by atoms with Crippen LogP contribution >= 0.6 is 12.4 Å². The summed E-state index contributed by atoms with van der Waals surface area (Å²) in [6.07, 6.45) is 2.83. The van der Waals surface area contributed by atoms with Crippen LogP contribution in [0.25, 0.3) is 0 Å². The van der Waals surface area contributed by atoms with E-state index in [-0.39, 0.29) is 29.3 Å². The topological polar surface area (TPSA) is 78.5 Å². The van der Waals surface area contributed by atoms with E-state index in [1.165, 1.54) is 6.07 Å². The summed E-state index contributed by atoms with van der Waals surface area (Å²) in [6, 6.07) is 6.37. The summed E-state index contributed by atoms with van der Waals surface area (Å²) in [7, 11) is -3.55. The van der Waals surface area contributed by atoms with E-state index in [1.807, 2.05) is 6.92 Å². The minimum atomic E-state index is -3.55. The fourth-order valence-electron chi connectivity index (χ4n) is 3.19. The predicted octanol–water partition coefficient (Wildman–Crippen LogP) is 1.62. The number of halogens is 1. The highest BCUT2D eigenvalue weighted by Crippen LogP contribution is 2.25. The molecule has 140 valence electrons. The Kier molecular flexibility index (Phi) is 6.85. The van der Waals surface area contributed by atoms with Crippen LogP contribution in [-0.2, 0) is 10.0 Å². The first-order chi connectivity index (χ1) is 11.5. The Morgan fingerprint density at radius 1 is 1.32 bits per heavy atom. The van der Waals surface area contributed by atoms with Gasteiger partial charge in [-0.1, -0.05) is 12.5 Å². The zero-order chi connectivity index (χ0) is 17.2. The van der Waals surface area contributed by atoms with Crippen LogP contribution in [0.2, 0.25) is 0 Å². The minimum absolute atomic E-state index is 0. The first-order valence-electron chi connectivity index (χ1n) is 8.59. The van der Waals surface area contributed by atoms with Crippen LogP contribution in [0.15, 0.2) is 29.2 Å². The fraction of sp³-hybridized carbons (Fsp3) is 0.588. The molecule has 2 aliphatic heterocycles. The van der Waals surface area contributed by atoms with Gasteiger partial charge in [0.25, 0.3) is 5.91 Å². The van der Waals surface area contributed by atoms with Crippen LogP contribution in [0.4, 0.5) is 0 Å². The van der Waals surface area contributed by atoms with Gasteiger partial charge in [-0.05, 0) is 38.0 Å².